The third kappa shape index (κ3) is 6.60. The summed E-state index contributed by atoms with van der Waals surface area (Å²) >= 11 is 0. The molecule has 0 heterocycles. The molecule has 0 radical (unpaired) electrons. The quantitative estimate of drug-likeness (QED) is 0.511. The molecule has 0 aliphatic carbocycles. The van der Waals surface area contributed by atoms with Crippen LogP contribution in [0.15, 0.2) is 0 Å². The Bertz CT molecular complexity index is 337. The van der Waals surface area contributed by atoms with Crippen LogP contribution in [0.3, 0.4) is 0 Å². The Kier molecular flexibility index (Phi) is 6.66. The zero-order valence-electron chi connectivity index (χ0n) is 10.7. The number of nitrogens with two attached hydrogens (primary N) is 1. The van der Waals surface area contributed by atoms with Gasteiger partial charge in [-0.25, -0.2) is 13.1 Å². The minimum Gasteiger partial charge on any atom is -0.356 e. The summed E-state index contributed by atoms with van der Waals surface area (Å²) in [5.74, 6) is -0.0816. The van der Waals surface area contributed by atoms with Gasteiger partial charge < -0.3 is 11.1 Å². The van der Waals surface area contributed by atoms with Gasteiger partial charge in [0.05, 0.1) is 11.7 Å². The number of hydrogen-bond donors (Lipinski definition) is 3. The van der Waals surface area contributed by atoms with E-state index in [9.17, 15) is 13.2 Å². The molecular weight excluding hydrogens is 242 g/mol. The van der Waals surface area contributed by atoms with Gasteiger partial charge in [0.25, 0.3) is 0 Å². The Morgan fingerprint density at radius 2 is 1.94 bits per heavy atom. The van der Waals surface area contributed by atoms with E-state index in [1.165, 1.54) is 0 Å². The summed E-state index contributed by atoms with van der Waals surface area (Å²) in [6.45, 7) is 4.80. The topological polar surface area (TPSA) is 101 Å². The van der Waals surface area contributed by atoms with Crippen molar-refractivity contribution >= 4 is 15.9 Å². The molecule has 0 aromatic rings. The third-order valence-electron chi connectivity index (χ3n) is 2.78. The molecular formula is C10H23N3O3S. The summed E-state index contributed by atoms with van der Waals surface area (Å²) < 4.78 is 23.9. The van der Waals surface area contributed by atoms with E-state index in [0.29, 0.717) is 32.5 Å². The summed E-state index contributed by atoms with van der Waals surface area (Å²) in [5, 5.41) is 2.76. The summed E-state index contributed by atoms with van der Waals surface area (Å²) in [4.78, 5) is 11.8. The number of rotatable bonds is 8. The highest BCUT2D eigenvalue weighted by atomic mass is 32.2. The highest BCUT2D eigenvalue weighted by molar-refractivity contribution is 7.88. The summed E-state index contributed by atoms with van der Waals surface area (Å²) in [5.41, 5.74) is 5.02. The van der Waals surface area contributed by atoms with Crippen LogP contribution >= 0.6 is 0 Å². The van der Waals surface area contributed by atoms with E-state index in [0.717, 1.165) is 6.26 Å². The highest BCUT2D eigenvalue weighted by Crippen LogP contribution is 2.18. The number of carbonyl (C=O) groups excluding carboxylic acids is 1. The van der Waals surface area contributed by atoms with E-state index in [-0.39, 0.29) is 5.91 Å². The second-order valence-corrected chi connectivity index (χ2v) is 6.23. The molecule has 0 spiro atoms. The fourth-order valence-electron chi connectivity index (χ4n) is 1.16. The van der Waals surface area contributed by atoms with Crippen molar-refractivity contribution in [2.45, 2.75) is 26.7 Å². The molecule has 0 rings (SSSR count). The summed E-state index contributed by atoms with van der Waals surface area (Å²) in [6.07, 6.45) is 2.34. The van der Waals surface area contributed by atoms with Crippen LogP contribution in [0.25, 0.3) is 0 Å². The van der Waals surface area contributed by atoms with E-state index in [1.807, 2.05) is 13.8 Å². The highest BCUT2D eigenvalue weighted by Gasteiger charge is 2.28. The Hall–Kier alpha value is -0.660. The molecule has 0 aliphatic rings. The van der Waals surface area contributed by atoms with E-state index in [1.54, 1.807) is 0 Å². The minimum atomic E-state index is -3.15. The molecule has 6 nitrogen and oxygen atoms in total. The van der Waals surface area contributed by atoms with Crippen LogP contribution < -0.4 is 15.8 Å². The fraction of sp³-hybridized carbons (Fsp3) is 0.900. The first-order valence-electron chi connectivity index (χ1n) is 5.68. The standard InChI is InChI=1S/C10H23N3O3S/c1-4-10(2,8-11)9(14)12-6-5-7-13-17(3,15)16/h13H,4-8,11H2,1-3H3,(H,12,14). The van der Waals surface area contributed by atoms with Crippen LogP contribution in [-0.4, -0.2) is 40.2 Å². The van der Waals surface area contributed by atoms with Gasteiger partial charge in [-0.05, 0) is 19.8 Å². The molecule has 0 saturated carbocycles. The van der Waals surface area contributed by atoms with Crippen molar-refractivity contribution in [3.63, 3.8) is 0 Å². The second-order valence-electron chi connectivity index (χ2n) is 4.39. The van der Waals surface area contributed by atoms with Gasteiger partial charge in [0, 0.05) is 19.6 Å². The number of hydrogen-bond acceptors (Lipinski definition) is 4. The average molecular weight is 265 g/mol. The number of sulfonamides is 1. The Labute approximate surface area is 103 Å². The number of nitrogens with one attached hydrogen (secondary N) is 2. The normalized spacial score (nSPS) is 15.3. The Morgan fingerprint density at radius 1 is 1.35 bits per heavy atom. The predicted molar refractivity (Wildman–Crippen MR) is 67.9 cm³/mol. The molecule has 0 fully saturated rings. The van der Waals surface area contributed by atoms with Crippen molar-refractivity contribution in [2.24, 2.45) is 11.1 Å². The SMILES string of the molecule is CCC(C)(CN)C(=O)NCCCNS(C)(=O)=O. The Balaban J connectivity index is 3.87. The molecule has 102 valence electrons. The average Bonchev–Trinajstić information content (AvgIpc) is 2.25. The molecule has 1 amide bonds. The monoisotopic (exact) mass is 265 g/mol. The molecule has 4 N–H and O–H groups in total. The molecule has 0 aromatic carbocycles. The first kappa shape index (κ1) is 16.3. The third-order valence-corrected chi connectivity index (χ3v) is 3.51. The van der Waals surface area contributed by atoms with Crippen LogP contribution in [0.5, 0.6) is 0 Å². The van der Waals surface area contributed by atoms with Crippen molar-refractivity contribution in [1.82, 2.24) is 10.0 Å². The van der Waals surface area contributed by atoms with Crippen molar-refractivity contribution in [2.75, 3.05) is 25.9 Å². The van der Waals surface area contributed by atoms with E-state index in [4.69, 9.17) is 5.73 Å². The van der Waals surface area contributed by atoms with Crippen LogP contribution in [0.4, 0.5) is 0 Å². The molecule has 0 bridgehead atoms. The van der Waals surface area contributed by atoms with Gasteiger partial charge in [0.15, 0.2) is 0 Å². The van der Waals surface area contributed by atoms with Crippen molar-refractivity contribution in [3.8, 4) is 0 Å². The van der Waals surface area contributed by atoms with Gasteiger partial charge in [0.1, 0.15) is 0 Å². The van der Waals surface area contributed by atoms with Crippen molar-refractivity contribution < 1.29 is 13.2 Å². The summed E-state index contributed by atoms with van der Waals surface area (Å²) in [7, 11) is -3.15. The first-order chi connectivity index (χ1) is 7.75. The van der Waals surface area contributed by atoms with Gasteiger partial charge >= 0.3 is 0 Å². The van der Waals surface area contributed by atoms with Crippen molar-refractivity contribution in [3.05, 3.63) is 0 Å². The lowest BCUT2D eigenvalue weighted by molar-refractivity contribution is -0.129. The van der Waals surface area contributed by atoms with Gasteiger partial charge in [-0.2, -0.15) is 0 Å². The molecule has 1 atom stereocenters. The first-order valence-corrected chi connectivity index (χ1v) is 7.57. The van der Waals surface area contributed by atoms with Gasteiger partial charge in [0.2, 0.25) is 15.9 Å². The fourth-order valence-corrected chi connectivity index (χ4v) is 1.67. The predicted octanol–water partition coefficient (Wildman–Crippen LogP) is -0.583. The van der Waals surface area contributed by atoms with E-state index >= 15 is 0 Å². The van der Waals surface area contributed by atoms with Crippen LogP contribution in [-0.2, 0) is 14.8 Å². The molecule has 7 heteroatoms. The van der Waals surface area contributed by atoms with Crippen LogP contribution in [0.1, 0.15) is 26.7 Å². The molecule has 0 aliphatic heterocycles. The molecule has 1 unspecified atom stereocenters. The molecule has 0 saturated heterocycles. The lowest BCUT2D eigenvalue weighted by Crippen LogP contribution is -2.44. The maximum absolute atomic E-state index is 11.8. The van der Waals surface area contributed by atoms with E-state index in [2.05, 4.69) is 10.0 Å². The molecule has 0 aromatic heterocycles. The number of amides is 1. The number of carbonyl (C=O) groups is 1. The lowest BCUT2D eigenvalue weighted by Gasteiger charge is -2.24. The van der Waals surface area contributed by atoms with Gasteiger partial charge in [-0.3, -0.25) is 4.79 Å². The zero-order chi connectivity index (χ0) is 13.5. The van der Waals surface area contributed by atoms with Gasteiger partial charge in [-0.15, -0.1) is 0 Å². The minimum absolute atomic E-state index is 0.0816. The van der Waals surface area contributed by atoms with E-state index < -0.39 is 15.4 Å². The molecule has 17 heavy (non-hydrogen) atoms. The largest absolute Gasteiger partial charge is 0.356 e. The lowest BCUT2D eigenvalue weighted by atomic mass is 9.87. The van der Waals surface area contributed by atoms with Crippen molar-refractivity contribution in [1.29, 1.82) is 0 Å². The second kappa shape index (κ2) is 6.93. The maximum atomic E-state index is 11.8. The summed E-state index contributed by atoms with van der Waals surface area (Å²) in [6, 6.07) is 0. The van der Waals surface area contributed by atoms with Crippen LogP contribution in [0, 0.1) is 5.41 Å². The van der Waals surface area contributed by atoms with Gasteiger partial charge in [-0.1, -0.05) is 6.92 Å². The maximum Gasteiger partial charge on any atom is 0.227 e. The smallest absolute Gasteiger partial charge is 0.227 e. The zero-order valence-corrected chi connectivity index (χ0v) is 11.6. The Morgan fingerprint density at radius 3 is 2.35 bits per heavy atom. The van der Waals surface area contributed by atoms with Crippen LogP contribution in [0.2, 0.25) is 0 Å².